The van der Waals surface area contributed by atoms with Gasteiger partial charge < -0.3 is 14.5 Å². The van der Waals surface area contributed by atoms with Gasteiger partial charge in [-0.05, 0) is 56.3 Å². The predicted molar refractivity (Wildman–Crippen MR) is 132 cm³/mol. The lowest BCUT2D eigenvalue weighted by Crippen LogP contribution is -2.53. The highest BCUT2D eigenvalue weighted by Gasteiger charge is 2.44. The summed E-state index contributed by atoms with van der Waals surface area (Å²) in [6.45, 7) is 2.77. The van der Waals surface area contributed by atoms with E-state index in [1.165, 1.54) is 0 Å². The van der Waals surface area contributed by atoms with Gasteiger partial charge in [-0.1, -0.05) is 17.7 Å². The maximum Gasteiger partial charge on any atom is 0.248 e. The first-order chi connectivity index (χ1) is 17.1. The van der Waals surface area contributed by atoms with E-state index < -0.39 is 32.0 Å². The highest BCUT2D eigenvalue weighted by Crippen LogP contribution is 2.38. The normalized spacial score (nSPS) is 21.9. The maximum absolute atomic E-state index is 14.4. The van der Waals surface area contributed by atoms with Crippen LogP contribution < -0.4 is 4.74 Å². The quantitative estimate of drug-likeness (QED) is 0.535. The largest absolute Gasteiger partial charge is 0.493 e. The zero-order valence-electron chi connectivity index (χ0n) is 20.1. The van der Waals surface area contributed by atoms with E-state index in [1.807, 2.05) is 7.05 Å². The van der Waals surface area contributed by atoms with Crippen molar-refractivity contribution in [3.05, 3.63) is 59.1 Å². The first-order valence-electron chi connectivity index (χ1n) is 11.9. The van der Waals surface area contributed by atoms with Crippen LogP contribution in [0.15, 0.2) is 47.4 Å². The third-order valence-corrected chi connectivity index (χ3v) is 9.03. The summed E-state index contributed by atoms with van der Waals surface area (Å²) in [7, 11) is -2.48. The Hall–Kier alpha value is -2.27. The SMILES string of the molecule is CN1CCN(C(=O)C[C@]2(COc3ccc(Cl)cc3)CCCN(S(=O)(=O)c3c(F)cccc3F)C2)CC1. The molecule has 2 aromatic rings. The van der Waals surface area contributed by atoms with Gasteiger partial charge in [0.15, 0.2) is 4.90 Å². The van der Waals surface area contributed by atoms with Gasteiger partial charge in [0.1, 0.15) is 17.4 Å². The van der Waals surface area contributed by atoms with Gasteiger partial charge in [0, 0.05) is 56.1 Å². The van der Waals surface area contributed by atoms with Crippen molar-refractivity contribution in [2.24, 2.45) is 5.41 Å². The average molecular weight is 542 g/mol. The molecule has 0 aliphatic carbocycles. The molecule has 2 aliphatic heterocycles. The van der Waals surface area contributed by atoms with Gasteiger partial charge in [-0.25, -0.2) is 17.2 Å². The van der Waals surface area contributed by atoms with Gasteiger partial charge in [0.2, 0.25) is 15.9 Å². The van der Waals surface area contributed by atoms with E-state index in [0.29, 0.717) is 36.7 Å². The molecular formula is C25H30ClF2N3O4S. The molecule has 0 radical (unpaired) electrons. The summed E-state index contributed by atoms with van der Waals surface area (Å²) >= 11 is 5.96. The van der Waals surface area contributed by atoms with E-state index in [1.54, 1.807) is 29.2 Å². The van der Waals surface area contributed by atoms with E-state index in [0.717, 1.165) is 35.6 Å². The molecule has 2 fully saturated rings. The summed E-state index contributed by atoms with van der Waals surface area (Å²) in [5.41, 5.74) is -0.868. The lowest BCUT2D eigenvalue weighted by atomic mass is 9.78. The summed E-state index contributed by atoms with van der Waals surface area (Å²) in [4.78, 5) is 16.3. The molecule has 0 N–H and O–H groups in total. The molecule has 36 heavy (non-hydrogen) atoms. The number of ether oxygens (including phenoxy) is 1. The smallest absolute Gasteiger partial charge is 0.248 e. The zero-order valence-corrected chi connectivity index (χ0v) is 21.7. The highest BCUT2D eigenvalue weighted by molar-refractivity contribution is 7.89. The number of likely N-dealkylation sites (N-methyl/N-ethyl adjacent to an activating group) is 1. The summed E-state index contributed by atoms with van der Waals surface area (Å²) in [5.74, 6) is -1.83. The van der Waals surface area contributed by atoms with Gasteiger partial charge in [0.05, 0.1) is 6.61 Å². The average Bonchev–Trinajstić information content (AvgIpc) is 2.84. The minimum atomic E-state index is -4.47. The number of piperidine rings is 1. The van der Waals surface area contributed by atoms with E-state index in [-0.39, 0.29) is 32.0 Å². The number of sulfonamides is 1. The van der Waals surface area contributed by atoms with Crippen LogP contribution in [-0.4, -0.2) is 81.4 Å². The summed E-state index contributed by atoms with van der Waals surface area (Å²) in [6.07, 6.45) is 1.03. The van der Waals surface area contributed by atoms with Gasteiger partial charge in [-0.3, -0.25) is 4.79 Å². The van der Waals surface area contributed by atoms with Crippen LogP contribution in [0, 0.1) is 17.0 Å². The first-order valence-corrected chi connectivity index (χ1v) is 13.7. The van der Waals surface area contributed by atoms with Crippen molar-refractivity contribution in [2.75, 3.05) is 52.9 Å². The van der Waals surface area contributed by atoms with Crippen molar-refractivity contribution >= 4 is 27.5 Å². The number of amides is 1. The molecule has 0 bridgehead atoms. The van der Waals surface area contributed by atoms with E-state index in [4.69, 9.17) is 16.3 Å². The fraction of sp³-hybridized carbons (Fsp3) is 0.480. The molecule has 196 valence electrons. The molecule has 7 nitrogen and oxygen atoms in total. The van der Waals surface area contributed by atoms with Crippen LogP contribution in [0.2, 0.25) is 5.02 Å². The van der Waals surface area contributed by atoms with Gasteiger partial charge >= 0.3 is 0 Å². The number of piperazine rings is 1. The standard InChI is InChI=1S/C25H30ClF2N3O4S/c1-29-12-14-30(15-13-29)23(32)16-25(18-35-20-8-6-19(26)7-9-20)10-3-11-31(17-25)36(33,34)24-21(27)4-2-5-22(24)28/h2,4-9H,3,10-18H2,1H3/t25-/m1/s1. The molecule has 2 aliphatic rings. The molecule has 0 spiro atoms. The topological polar surface area (TPSA) is 70.2 Å². The van der Waals surface area contributed by atoms with Crippen LogP contribution in [0.1, 0.15) is 19.3 Å². The lowest BCUT2D eigenvalue weighted by molar-refractivity contribution is -0.136. The Morgan fingerprint density at radius 2 is 1.67 bits per heavy atom. The second-order valence-corrected chi connectivity index (χ2v) is 11.9. The number of carbonyl (C=O) groups is 1. The van der Waals surface area contributed by atoms with Crippen molar-refractivity contribution in [2.45, 2.75) is 24.2 Å². The Morgan fingerprint density at radius 3 is 2.31 bits per heavy atom. The molecule has 0 aromatic heterocycles. The second-order valence-electron chi connectivity index (χ2n) is 9.60. The fourth-order valence-electron chi connectivity index (χ4n) is 4.79. The number of benzene rings is 2. The molecule has 2 heterocycles. The molecule has 2 saturated heterocycles. The van der Waals surface area contributed by atoms with E-state index >= 15 is 0 Å². The second kappa shape index (κ2) is 11.0. The molecule has 0 unspecified atom stereocenters. The van der Waals surface area contributed by atoms with E-state index in [2.05, 4.69) is 4.90 Å². The van der Waals surface area contributed by atoms with Crippen molar-refractivity contribution < 1.29 is 26.7 Å². The highest BCUT2D eigenvalue weighted by atomic mass is 35.5. The lowest BCUT2D eigenvalue weighted by Gasteiger charge is -2.43. The van der Waals surface area contributed by atoms with Gasteiger partial charge in [-0.2, -0.15) is 4.31 Å². The number of rotatable bonds is 7. The van der Waals surface area contributed by atoms with E-state index in [9.17, 15) is 22.0 Å². The summed E-state index contributed by atoms with van der Waals surface area (Å²) in [6, 6.07) is 9.73. The predicted octanol–water partition coefficient (Wildman–Crippen LogP) is 3.63. The number of hydrogen-bond donors (Lipinski definition) is 0. The summed E-state index contributed by atoms with van der Waals surface area (Å²) < 4.78 is 62.7. The van der Waals surface area contributed by atoms with Crippen molar-refractivity contribution in [1.29, 1.82) is 0 Å². The van der Waals surface area contributed by atoms with Crippen LogP contribution >= 0.6 is 11.6 Å². The Bertz CT molecular complexity index is 1170. The third kappa shape index (κ3) is 5.99. The molecule has 2 aromatic carbocycles. The van der Waals surface area contributed by atoms with Crippen LogP contribution in [0.3, 0.4) is 0 Å². The molecule has 4 rings (SSSR count). The molecule has 0 saturated carbocycles. The fourth-order valence-corrected chi connectivity index (χ4v) is 6.62. The number of carbonyl (C=O) groups excluding carboxylic acids is 1. The van der Waals surface area contributed by atoms with Crippen molar-refractivity contribution in [1.82, 2.24) is 14.1 Å². The van der Waals surface area contributed by atoms with Gasteiger partial charge in [0.25, 0.3) is 0 Å². The Morgan fingerprint density at radius 1 is 1.03 bits per heavy atom. The van der Waals surface area contributed by atoms with Crippen LogP contribution in [0.25, 0.3) is 0 Å². The Balaban J connectivity index is 1.60. The Labute approximate surface area is 215 Å². The molecule has 11 heteroatoms. The van der Waals surface area contributed by atoms with Crippen molar-refractivity contribution in [3.8, 4) is 5.75 Å². The monoisotopic (exact) mass is 541 g/mol. The van der Waals surface area contributed by atoms with Crippen LogP contribution in [0.4, 0.5) is 8.78 Å². The minimum absolute atomic E-state index is 0.0656. The minimum Gasteiger partial charge on any atom is -0.493 e. The Kier molecular flexibility index (Phi) is 8.18. The third-order valence-electron chi connectivity index (χ3n) is 6.88. The van der Waals surface area contributed by atoms with Crippen LogP contribution in [-0.2, 0) is 14.8 Å². The number of hydrogen-bond acceptors (Lipinski definition) is 5. The maximum atomic E-state index is 14.4. The zero-order chi connectivity index (χ0) is 25.9. The first kappa shape index (κ1) is 26.8. The van der Waals surface area contributed by atoms with Crippen molar-refractivity contribution in [3.63, 3.8) is 0 Å². The van der Waals surface area contributed by atoms with Crippen LogP contribution in [0.5, 0.6) is 5.75 Å². The number of halogens is 3. The molecular weight excluding hydrogens is 512 g/mol. The molecule has 1 atom stereocenters. The number of nitrogens with zero attached hydrogens (tertiary/aromatic N) is 3. The molecule has 1 amide bonds. The summed E-state index contributed by atoms with van der Waals surface area (Å²) in [5, 5.41) is 0.546. The van der Waals surface area contributed by atoms with Gasteiger partial charge in [-0.15, -0.1) is 0 Å².